The van der Waals surface area contributed by atoms with Crippen molar-refractivity contribution in [1.29, 1.82) is 0 Å². The Morgan fingerprint density at radius 3 is 1.58 bits per heavy atom. The van der Waals surface area contributed by atoms with Gasteiger partial charge in [-0.1, -0.05) is 119 Å². The summed E-state index contributed by atoms with van der Waals surface area (Å²) in [5, 5.41) is 34.4. The van der Waals surface area contributed by atoms with Gasteiger partial charge < -0.3 is 45.5 Å². The Bertz CT molecular complexity index is 1910. The van der Waals surface area contributed by atoms with E-state index in [1.807, 2.05) is 62.4 Å². The highest BCUT2D eigenvalue weighted by atomic mass is 16.6. The molecule has 0 aromatic heterocycles. The van der Waals surface area contributed by atoms with Crippen LogP contribution in [0.4, 0.5) is 14.4 Å². The molecule has 15 nitrogen and oxygen atoms in total. The molecule has 3 aromatic rings. The molecular formula is C49H71N3O12. The van der Waals surface area contributed by atoms with E-state index in [1.54, 1.807) is 48.5 Å². The van der Waals surface area contributed by atoms with Gasteiger partial charge in [-0.15, -0.1) is 0 Å². The molecule has 15 heteroatoms. The number of rotatable bonds is 17. The van der Waals surface area contributed by atoms with Gasteiger partial charge >= 0.3 is 36.2 Å². The van der Waals surface area contributed by atoms with Crippen LogP contribution in [0, 0.1) is 12.8 Å². The van der Waals surface area contributed by atoms with Crippen LogP contribution in [-0.4, -0.2) is 87.9 Å². The number of aliphatic carboxylic acids is 3. The van der Waals surface area contributed by atoms with Crippen molar-refractivity contribution < 1.29 is 58.3 Å². The van der Waals surface area contributed by atoms with E-state index in [0.29, 0.717) is 26.0 Å². The number of carboxylic acids is 3. The van der Waals surface area contributed by atoms with Crippen LogP contribution < -0.4 is 16.0 Å². The van der Waals surface area contributed by atoms with E-state index < -0.39 is 59.5 Å². The number of hydrogen-bond donors (Lipinski definition) is 6. The average Bonchev–Trinajstić information content (AvgIpc) is 3.51. The molecular weight excluding hydrogens is 823 g/mol. The maximum absolute atomic E-state index is 12.0. The molecule has 0 heterocycles. The molecule has 0 fully saturated rings. The number of unbranched alkanes of at least 4 members (excludes halogenated alkanes) is 2. The van der Waals surface area contributed by atoms with Crippen molar-refractivity contribution in [2.45, 2.75) is 144 Å². The van der Waals surface area contributed by atoms with Crippen LogP contribution in [0.3, 0.4) is 0 Å². The van der Waals surface area contributed by atoms with E-state index in [2.05, 4.69) is 40.2 Å². The van der Waals surface area contributed by atoms with Crippen molar-refractivity contribution in [3.05, 3.63) is 95.1 Å². The van der Waals surface area contributed by atoms with E-state index in [1.165, 1.54) is 22.3 Å². The molecule has 3 atom stereocenters. The number of ether oxygens (including phenoxy) is 3. The molecule has 0 bridgehead atoms. The Labute approximate surface area is 378 Å². The number of aryl methyl sites for hydroxylation is 1. The van der Waals surface area contributed by atoms with Crippen molar-refractivity contribution in [1.82, 2.24) is 16.0 Å². The van der Waals surface area contributed by atoms with E-state index >= 15 is 0 Å². The zero-order chi connectivity index (χ0) is 47.3. The summed E-state index contributed by atoms with van der Waals surface area (Å²) >= 11 is 0. The van der Waals surface area contributed by atoms with Gasteiger partial charge in [0.1, 0.15) is 29.9 Å². The average molecular weight is 894 g/mol. The lowest BCUT2D eigenvalue weighted by atomic mass is 9.98. The molecule has 0 radical (unpaired) electrons. The quantitative estimate of drug-likeness (QED) is 0.0550. The molecule has 0 aliphatic heterocycles. The molecule has 64 heavy (non-hydrogen) atoms. The molecule has 3 aromatic carbocycles. The Morgan fingerprint density at radius 1 is 0.641 bits per heavy atom. The number of nitrogens with one attached hydrogen (secondary N) is 3. The fraction of sp³-hybridized carbons (Fsp3) is 0.510. The highest BCUT2D eigenvalue weighted by molar-refractivity contribution is 5.81. The van der Waals surface area contributed by atoms with Crippen LogP contribution in [-0.2, 0) is 35.0 Å². The van der Waals surface area contributed by atoms with Crippen molar-refractivity contribution in [3.8, 4) is 11.1 Å². The van der Waals surface area contributed by atoms with Gasteiger partial charge in [-0.3, -0.25) is 4.79 Å². The maximum Gasteiger partial charge on any atom is 0.408 e. The van der Waals surface area contributed by atoms with Crippen LogP contribution in [0.5, 0.6) is 0 Å². The van der Waals surface area contributed by atoms with E-state index in [-0.39, 0.29) is 25.7 Å². The van der Waals surface area contributed by atoms with E-state index in [0.717, 1.165) is 36.8 Å². The van der Waals surface area contributed by atoms with Gasteiger partial charge in [-0.2, -0.15) is 0 Å². The number of carbonyl (C=O) groups excluding carboxylic acids is 3. The monoisotopic (exact) mass is 894 g/mol. The lowest BCUT2D eigenvalue weighted by molar-refractivity contribution is -0.141. The van der Waals surface area contributed by atoms with Crippen LogP contribution in [0.2, 0.25) is 0 Å². The van der Waals surface area contributed by atoms with Crippen LogP contribution in [0.1, 0.15) is 130 Å². The van der Waals surface area contributed by atoms with Crippen molar-refractivity contribution in [2.24, 2.45) is 5.92 Å². The summed E-state index contributed by atoms with van der Waals surface area (Å²) in [4.78, 5) is 67.8. The van der Waals surface area contributed by atoms with Crippen molar-refractivity contribution in [2.75, 3.05) is 13.2 Å². The van der Waals surface area contributed by atoms with Crippen LogP contribution in [0.15, 0.2) is 72.8 Å². The highest BCUT2D eigenvalue weighted by Crippen LogP contribution is 2.44. The fourth-order valence-electron chi connectivity index (χ4n) is 6.26. The second-order valence-electron chi connectivity index (χ2n) is 17.4. The smallest absolute Gasteiger partial charge is 0.408 e. The van der Waals surface area contributed by atoms with Crippen LogP contribution in [0.25, 0.3) is 11.1 Å². The zero-order valence-electron chi connectivity index (χ0n) is 38.1. The Balaban J connectivity index is 0.000000496. The number of alkyl carbamates (subject to hydrolysis) is 3. The second-order valence-corrected chi connectivity index (χ2v) is 17.4. The third kappa shape index (κ3) is 21.3. The summed E-state index contributed by atoms with van der Waals surface area (Å²) in [7, 11) is 0. The lowest BCUT2D eigenvalue weighted by Crippen LogP contribution is -2.44. The Kier molecular flexibility index (Phi) is 23.7. The van der Waals surface area contributed by atoms with Gasteiger partial charge in [-0.05, 0) is 95.5 Å². The molecule has 0 saturated carbocycles. The minimum atomic E-state index is -1.09. The summed E-state index contributed by atoms with van der Waals surface area (Å²) in [6.45, 7) is 16.8. The molecule has 0 spiro atoms. The van der Waals surface area contributed by atoms with Crippen molar-refractivity contribution in [3.63, 3.8) is 0 Å². The summed E-state index contributed by atoms with van der Waals surface area (Å²) < 4.78 is 15.5. The van der Waals surface area contributed by atoms with Crippen molar-refractivity contribution >= 4 is 36.2 Å². The number of carboxylic acid groups (broad SMARTS) is 3. The van der Waals surface area contributed by atoms with E-state index in [9.17, 15) is 28.8 Å². The first-order chi connectivity index (χ1) is 29.5. The fourth-order valence-corrected chi connectivity index (χ4v) is 6.26. The molecule has 1 aliphatic carbocycles. The highest BCUT2D eigenvalue weighted by Gasteiger charge is 2.29. The standard InChI is InChI=1S/C22H25NO4.C15H21NO4.C11H21NO4.CH4/c1-15(21(24)25)8-6-7-13-23-22(26)27-14-20-18-11-4-2-9-16(18)17-10-3-5-12-19(17)20;1-10-5-7-11(8-6-10)9-12(13(17)18)16-14(19)20-15(2,3)4;1-5-6-7-8(9(13)14)12-10(15)16-11(2,3)4;/h2-5,9-12,15,20H,6-8,13-14H2,1H3,(H,23,26)(H,24,25);5-8,12H,9H2,1-4H3,(H,16,19)(H,17,18);8H,5-7H2,1-4H3,(H,12,15)(H,13,14);1H4/t15-;12-;8-;/m111./s1. The zero-order valence-corrected chi connectivity index (χ0v) is 38.1. The lowest BCUT2D eigenvalue weighted by Gasteiger charge is -2.22. The molecule has 6 N–H and O–H groups in total. The van der Waals surface area contributed by atoms with Gasteiger partial charge in [0.2, 0.25) is 0 Å². The normalized spacial score (nSPS) is 12.9. The molecule has 3 amide bonds. The Morgan fingerprint density at radius 2 is 1.12 bits per heavy atom. The van der Waals surface area contributed by atoms with Gasteiger partial charge in [0.25, 0.3) is 0 Å². The third-order valence-electron chi connectivity index (χ3n) is 9.48. The maximum atomic E-state index is 12.0. The summed E-state index contributed by atoms with van der Waals surface area (Å²) in [5.74, 6) is -3.19. The number of fused-ring (bicyclic) bond motifs is 3. The molecule has 4 rings (SSSR count). The largest absolute Gasteiger partial charge is 0.481 e. The molecule has 0 unspecified atom stereocenters. The SMILES string of the molecule is C.CCCC[C@@H](NC(=O)OC(C)(C)C)C(=O)O.C[C@H](CCCCNC(=O)OCC1c2ccccc2-c2ccccc21)C(=O)O.Cc1ccc(C[C@@H](NC(=O)OC(C)(C)C)C(=O)O)cc1. The van der Waals surface area contributed by atoms with Gasteiger partial charge in [-0.25, -0.2) is 24.0 Å². The number of carbonyl (C=O) groups is 6. The molecule has 354 valence electrons. The first-order valence-electron chi connectivity index (χ1n) is 21.3. The third-order valence-corrected chi connectivity index (χ3v) is 9.48. The van der Waals surface area contributed by atoms with Gasteiger partial charge in [0.15, 0.2) is 0 Å². The first-order valence-corrected chi connectivity index (χ1v) is 21.3. The predicted octanol–water partition coefficient (Wildman–Crippen LogP) is 9.72. The second kappa shape index (κ2) is 27.2. The minimum Gasteiger partial charge on any atom is -0.481 e. The minimum absolute atomic E-state index is 0. The topological polar surface area (TPSA) is 227 Å². The van der Waals surface area contributed by atoms with E-state index in [4.69, 9.17) is 29.5 Å². The van der Waals surface area contributed by atoms with Crippen LogP contribution >= 0.6 is 0 Å². The summed E-state index contributed by atoms with van der Waals surface area (Å²) in [6, 6.07) is 22.1. The summed E-state index contributed by atoms with van der Waals surface area (Å²) in [6.07, 6.45) is 2.56. The number of benzene rings is 3. The Hall–Kier alpha value is -6.12. The predicted molar refractivity (Wildman–Crippen MR) is 246 cm³/mol. The van der Waals surface area contributed by atoms with Gasteiger partial charge in [0, 0.05) is 18.9 Å². The molecule has 1 aliphatic rings. The number of amides is 3. The summed E-state index contributed by atoms with van der Waals surface area (Å²) in [5.41, 5.74) is 5.46. The molecule has 0 saturated heterocycles. The number of hydrogen-bond acceptors (Lipinski definition) is 9. The first kappa shape index (κ1) is 55.9. The van der Waals surface area contributed by atoms with Gasteiger partial charge in [0.05, 0.1) is 5.92 Å².